The molecule has 0 bridgehead atoms. The fraction of sp³-hybridized carbons (Fsp3) is 0.200. The average molecular weight is 413 g/mol. The molecule has 0 fully saturated rings. The molecule has 2 aromatic carbocycles. The van der Waals surface area contributed by atoms with Gasteiger partial charge in [0.05, 0.1) is 0 Å². The highest BCUT2D eigenvalue weighted by Crippen LogP contribution is 2.14. The van der Waals surface area contributed by atoms with Gasteiger partial charge in [0.2, 0.25) is 0 Å². The third kappa shape index (κ3) is 7.06. The molecule has 1 aromatic heterocycles. The van der Waals surface area contributed by atoms with Gasteiger partial charge in [-0.3, -0.25) is 0 Å². The third-order valence-corrected chi connectivity index (χ3v) is 4.62. The molecule has 6 nitrogen and oxygen atoms in total. The molecule has 31 heavy (non-hydrogen) atoms. The van der Waals surface area contributed by atoms with Gasteiger partial charge in [0.1, 0.15) is 0 Å². The van der Waals surface area contributed by atoms with Crippen molar-refractivity contribution in [3.63, 3.8) is 0 Å². The number of benzene rings is 2. The van der Waals surface area contributed by atoms with Crippen molar-refractivity contribution in [3.8, 4) is 11.4 Å². The molecule has 158 valence electrons. The van der Waals surface area contributed by atoms with E-state index in [4.69, 9.17) is 0 Å². The Morgan fingerprint density at radius 2 is 1.48 bits per heavy atom. The summed E-state index contributed by atoms with van der Waals surface area (Å²) in [6, 6.07) is 18.4. The minimum Gasteiger partial charge on any atom is -0.311 e. The zero-order chi connectivity index (χ0) is 21.7. The molecule has 0 aliphatic carbocycles. The van der Waals surface area contributed by atoms with Crippen LogP contribution in [0.3, 0.4) is 0 Å². The molecule has 1 heterocycles. The zero-order valence-electron chi connectivity index (χ0n) is 17.8. The largest absolute Gasteiger partial charge is 0.311 e. The first-order valence-corrected chi connectivity index (χ1v) is 10.3. The monoisotopic (exact) mass is 412 g/mol. The molecule has 0 saturated heterocycles. The van der Waals surface area contributed by atoms with Crippen molar-refractivity contribution in [1.82, 2.24) is 20.6 Å². The van der Waals surface area contributed by atoms with Crippen molar-refractivity contribution in [2.75, 3.05) is 13.1 Å². The lowest BCUT2D eigenvalue weighted by molar-refractivity contribution is 0.611. The molecule has 0 aliphatic heterocycles. The quantitative estimate of drug-likeness (QED) is 0.300. The first-order valence-electron chi connectivity index (χ1n) is 10.3. The number of aromatic nitrogens is 2. The van der Waals surface area contributed by atoms with E-state index in [9.17, 15) is 0 Å². The van der Waals surface area contributed by atoms with Gasteiger partial charge in [0.25, 0.3) is 0 Å². The Labute approximate surface area is 183 Å². The standard InChI is InChI=1S/C25H28N6/c1-3-13-29-24(26-2)22-9-5-20(6-10-22)18-27-16-17-28-19-21-7-11-23(12-8-21)25-30-14-4-15-31-25/h3-15,27-28H,2,16-19H2,1H3/b13-3-,29-24-. The van der Waals surface area contributed by atoms with Crippen LogP contribution in [0.15, 0.2) is 89.3 Å². The molecule has 0 spiro atoms. The first-order chi connectivity index (χ1) is 15.3. The van der Waals surface area contributed by atoms with Gasteiger partial charge in [-0.1, -0.05) is 54.6 Å². The number of nitrogens with one attached hydrogen (secondary N) is 2. The van der Waals surface area contributed by atoms with Gasteiger partial charge in [-0.2, -0.15) is 0 Å². The maximum Gasteiger partial charge on any atom is 0.159 e. The van der Waals surface area contributed by atoms with Crippen LogP contribution in [0.25, 0.3) is 11.4 Å². The number of nitrogens with zero attached hydrogens (tertiary/aromatic N) is 4. The van der Waals surface area contributed by atoms with Crippen LogP contribution in [0.5, 0.6) is 0 Å². The number of allylic oxidation sites excluding steroid dienone is 1. The van der Waals surface area contributed by atoms with Gasteiger partial charge in [-0.25, -0.2) is 20.0 Å². The van der Waals surface area contributed by atoms with Crippen LogP contribution in [0.1, 0.15) is 23.6 Å². The van der Waals surface area contributed by atoms with E-state index in [0.29, 0.717) is 5.84 Å². The fourth-order valence-corrected chi connectivity index (χ4v) is 2.99. The van der Waals surface area contributed by atoms with Crippen LogP contribution < -0.4 is 10.6 Å². The van der Waals surface area contributed by atoms with Gasteiger partial charge in [-0.15, -0.1) is 0 Å². The zero-order valence-corrected chi connectivity index (χ0v) is 17.8. The van der Waals surface area contributed by atoms with E-state index in [-0.39, 0.29) is 0 Å². The Morgan fingerprint density at radius 3 is 2.03 bits per heavy atom. The van der Waals surface area contributed by atoms with Gasteiger partial charge < -0.3 is 10.6 Å². The van der Waals surface area contributed by atoms with Gasteiger partial charge in [-0.05, 0) is 30.8 Å². The minimum atomic E-state index is 0.631. The lowest BCUT2D eigenvalue weighted by Crippen LogP contribution is -2.26. The summed E-state index contributed by atoms with van der Waals surface area (Å²) in [5.41, 5.74) is 4.45. The predicted octanol–water partition coefficient (Wildman–Crippen LogP) is 4.00. The minimum absolute atomic E-state index is 0.631. The molecule has 0 aliphatic rings. The van der Waals surface area contributed by atoms with Crippen molar-refractivity contribution in [3.05, 3.63) is 96.0 Å². The van der Waals surface area contributed by atoms with Crippen LogP contribution in [-0.4, -0.2) is 35.6 Å². The highest BCUT2D eigenvalue weighted by molar-refractivity contribution is 6.01. The van der Waals surface area contributed by atoms with Crippen molar-refractivity contribution in [1.29, 1.82) is 0 Å². The second-order valence-corrected chi connectivity index (χ2v) is 6.91. The summed E-state index contributed by atoms with van der Waals surface area (Å²) < 4.78 is 0. The van der Waals surface area contributed by atoms with E-state index >= 15 is 0 Å². The summed E-state index contributed by atoms with van der Waals surface area (Å²) >= 11 is 0. The molecule has 3 rings (SSSR count). The highest BCUT2D eigenvalue weighted by atomic mass is 14.9. The molecule has 3 aromatic rings. The topological polar surface area (TPSA) is 74.6 Å². The highest BCUT2D eigenvalue weighted by Gasteiger charge is 2.01. The van der Waals surface area contributed by atoms with E-state index in [2.05, 4.69) is 73.7 Å². The number of rotatable bonds is 10. The summed E-state index contributed by atoms with van der Waals surface area (Å²) in [4.78, 5) is 16.8. The molecule has 0 radical (unpaired) electrons. The fourth-order valence-electron chi connectivity index (χ4n) is 2.99. The van der Waals surface area contributed by atoms with Crippen molar-refractivity contribution >= 4 is 12.6 Å². The second kappa shape index (κ2) is 12.3. The summed E-state index contributed by atoms with van der Waals surface area (Å²) in [7, 11) is 0. The number of hydrogen-bond acceptors (Lipinski definition) is 5. The number of amidine groups is 1. The summed E-state index contributed by atoms with van der Waals surface area (Å²) in [5, 5.41) is 6.92. The third-order valence-electron chi connectivity index (χ3n) is 4.62. The smallest absolute Gasteiger partial charge is 0.159 e. The van der Waals surface area contributed by atoms with Crippen molar-refractivity contribution in [2.45, 2.75) is 20.0 Å². The van der Waals surface area contributed by atoms with E-state index in [1.807, 2.05) is 31.2 Å². The van der Waals surface area contributed by atoms with Crippen LogP contribution in [0, 0.1) is 0 Å². The second-order valence-electron chi connectivity index (χ2n) is 6.91. The molecule has 6 heteroatoms. The van der Waals surface area contributed by atoms with Crippen LogP contribution in [0.4, 0.5) is 0 Å². The Morgan fingerprint density at radius 1 is 0.903 bits per heavy atom. The molecule has 2 N–H and O–H groups in total. The van der Waals surface area contributed by atoms with E-state index in [1.54, 1.807) is 18.6 Å². The molecular weight excluding hydrogens is 384 g/mol. The Hall–Kier alpha value is -3.48. The molecule has 0 amide bonds. The number of aliphatic imine (C=N–C) groups is 2. The lowest BCUT2D eigenvalue weighted by atomic mass is 10.1. The molecule has 0 unspecified atom stereocenters. The van der Waals surface area contributed by atoms with E-state index in [1.165, 1.54) is 11.1 Å². The summed E-state index contributed by atoms with van der Waals surface area (Å²) in [5.74, 6) is 1.38. The van der Waals surface area contributed by atoms with Crippen LogP contribution in [0.2, 0.25) is 0 Å². The molecule has 0 atom stereocenters. The molecular formula is C25H28N6. The predicted molar refractivity (Wildman–Crippen MR) is 128 cm³/mol. The lowest BCUT2D eigenvalue weighted by Gasteiger charge is -2.08. The average Bonchev–Trinajstić information content (AvgIpc) is 2.83. The SMILES string of the molecule is C=N/C(=N\C=C/C)c1ccc(CNCCNCc2ccc(-c3ncccn3)cc2)cc1. The van der Waals surface area contributed by atoms with Crippen molar-refractivity contribution < 1.29 is 0 Å². The maximum atomic E-state index is 4.28. The van der Waals surface area contributed by atoms with Gasteiger partial charge >= 0.3 is 0 Å². The van der Waals surface area contributed by atoms with Gasteiger partial charge in [0, 0.05) is 55.9 Å². The van der Waals surface area contributed by atoms with Crippen LogP contribution in [-0.2, 0) is 13.1 Å². The van der Waals surface area contributed by atoms with Crippen molar-refractivity contribution in [2.24, 2.45) is 9.98 Å². The molecule has 0 saturated carbocycles. The number of hydrogen-bond donors (Lipinski definition) is 2. The van der Waals surface area contributed by atoms with Gasteiger partial charge in [0.15, 0.2) is 11.7 Å². The first kappa shape index (κ1) is 22.2. The summed E-state index contributed by atoms with van der Waals surface area (Å²) in [6.45, 7) is 8.94. The Kier molecular flexibility index (Phi) is 8.79. The van der Waals surface area contributed by atoms with E-state index in [0.717, 1.165) is 43.1 Å². The van der Waals surface area contributed by atoms with E-state index < -0.39 is 0 Å². The normalized spacial score (nSPS) is 11.7. The summed E-state index contributed by atoms with van der Waals surface area (Å²) in [6.07, 6.45) is 7.10. The Balaban J connectivity index is 1.36. The maximum absolute atomic E-state index is 4.28. The van der Waals surface area contributed by atoms with Crippen LogP contribution >= 0.6 is 0 Å². The Bertz CT molecular complexity index is 992.